The van der Waals surface area contributed by atoms with E-state index in [-0.39, 0.29) is 5.91 Å². The number of nitrogens with one attached hydrogen (secondary N) is 2. The number of rotatable bonds is 4. The van der Waals surface area contributed by atoms with Crippen LogP contribution in [-0.2, 0) is 6.42 Å². The summed E-state index contributed by atoms with van der Waals surface area (Å²) in [7, 11) is 0. The number of carbonyl (C=O) groups is 1. The molecule has 112 valence electrons. The molecule has 0 aliphatic rings. The van der Waals surface area contributed by atoms with Crippen molar-refractivity contribution < 1.29 is 4.79 Å². The first-order valence-electron chi connectivity index (χ1n) is 6.97. The van der Waals surface area contributed by atoms with E-state index < -0.39 is 0 Å². The summed E-state index contributed by atoms with van der Waals surface area (Å²) in [5.41, 5.74) is 2.22. The molecule has 0 fully saturated rings. The van der Waals surface area contributed by atoms with Gasteiger partial charge in [-0.25, -0.2) is 4.98 Å². The number of imidazole rings is 1. The third-order valence-corrected chi connectivity index (χ3v) is 3.71. The normalized spacial score (nSPS) is 10.8. The number of amides is 1. The van der Waals surface area contributed by atoms with Crippen LogP contribution in [0.15, 0.2) is 36.7 Å². The lowest BCUT2D eigenvalue weighted by atomic mass is 10.1. The molecule has 0 unspecified atom stereocenters. The van der Waals surface area contributed by atoms with Crippen molar-refractivity contribution in [2.45, 2.75) is 13.3 Å². The Morgan fingerprint density at radius 3 is 2.95 bits per heavy atom. The molecule has 0 spiro atoms. The third kappa shape index (κ3) is 2.94. The molecule has 1 amide bonds. The van der Waals surface area contributed by atoms with Crippen molar-refractivity contribution in [2.75, 3.05) is 6.54 Å². The topological polar surface area (TPSA) is 70.7 Å². The van der Waals surface area contributed by atoms with Gasteiger partial charge in [-0.1, -0.05) is 17.7 Å². The molecular formula is C16H15ClN4O. The highest BCUT2D eigenvalue weighted by Gasteiger charge is 2.12. The monoisotopic (exact) mass is 314 g/mol. The highest BCUT2D eigenvalue weighted by Crippen LogP contribution is 2.24. The number of hydrogen-bond donors (Lipinski definition) is 2. The minimum atomic E-state index is -0.133. The van der Waals surface area contributed by atoms with E-state index in [4.69, 9.17) is 11.6 Å². The molecular weight excluding hydrogens is 300 g/mol. The van der Waals surface area contributed by atoms with Gasteiger partial charge in [-0.15, -0.1) is 0 Å². The van der Waals surface area contributed by atoms with Gasteiger partial charge >= 0.3 is 0 Å². The second-order valence-corrected chi connectivity index (χ2v) is 5.40. The van der Waals surface area contributed by atoms with E-state index >= 15 is 0 Å². The van der Waals surface area contributed by atoms with Crippen LogP contribution >= 0.6 is 11.6 Å². The lowest BCUT2D eigenvalue weighted by Gasteiger charge is -2.08. The van der Waals surface area contributed by atoms with Gasteiger partial charge in [0.1, 0.15) is 5.82 Å². The van der Waals surface area contributed by atoms with Crippen LogP contribution in [-0.4, -0.2) is 27.4 Å². The molecule has 1 aromatic carbocycles. The SMILES string of the molecule is Cc1ncc(CCNC(=O)c2ccc(Cl)c3ncccc23)[nH]1. The second kappa shape index (κ2) is 6.15. The molecule has 2 aromatic heterocycles. The Balaban J connectivity index is 1.74. The number of fused-ring (bicyclic) bond motifs is 1. The third-order valence-electron chi connectivity index (χ3n) is 3.40. The fourth-order valence-electron chi connectivity index (χ4n) is 2.34. The molecule has 3 rings (SSSR count). The van der Waals surface area contributed by atoms with Gasteiger partial charge in [0.05, 0.1) is 10.5 Å². The van der Waals surface area contributed by atoms with Crippen molar-refractivity contribution in [1.29, 1.82) is 0 Å². The summed E-state index contributed by atoms with van der Waals surface area (Å²) in [6, 6.07) is 7.07. The van der Waals surface area contributed by atoms with E-state index in [1.807, 2.05) is 13.0 Å². The predicted octanol–water partition coefficient (Wildman–Crippen LogP) is 2.89. The minimum Gasteiger partial charge on any atom is -0.352 e. The number of aryl methyl sites for hydroxylation is 1. The predicted molar refractivity (Wildman–Crippen MR) is 86.1 cm³/mol. The largest absolute Gasteiger partial charge is 0.352 e. The van der Waals surface area contributed by atoms with E-state index in [0.29, 0.717) is 29.1 Å². The summed E-state index contributed by atoms with van der Waals surface area (Å²) in [5.74, 6) is 0.738. The number of benzene rings is 1. The van der Waals surface area contributed by atoms with Gasteiger partial charge in [-0.2, -0.15) is 0 Å². The van der Waals surface area contributed by atoms with Gasteiger partial charge in [-0.05, 0) is 25.1 Å². The minimum absolute atomic E-state index is 0.133. The van der Waals surface area contributed by atoms with Gasteiger partial charge in [-0.3, -0.25) is 9.78 Å². The summed E-state index contributed by atoms with van der Waals surface area (Å²) >= 11 is 6.12. The fraction of sp³-hybridized carbons (Fsp3) is 0.188. The van der Waals surface area contributed by atoms with Crippen LogP contribution in [0, 0.1) is 6.92 Å². The summed E-state index contributed by atoms with van der Waals surface area (Å²) < 4.78 is 0. The zero-order valence-corrected chi connectivity index (χ0v) is 12.8. The second-order valence-electron chi connectivity index (χ2n) is 4.99. The van der Waals surface area contributed by atoms with Crippen molar-refractivity contribution in [3.63, 3.8) is 0 Å². The number of nitrogens with zero attached hydrogens (tertiary/aromatic N) is 2. The summed E-state index contributed by atoms with van der Waals surface area (Å²) in [4.78, 5) is 23.9. The number of carbonyl (C=O) groups excluding carboxylic acids is 1. The number of aromatic amines is 1. The first-order chi connectivity index (χ1) is 10.6. The van der Waals surface area contributed by atoms with Crippen LogP contribution in [0.25, 0.3) is 10.9 Å². The molecule has 2 N–H and O–H groups in total. The highest BCUT2D eigenvalue weighted by atomic mass is 35.5. The maximum Gasteiger partial charge on any atom is 0.251 e. The Bertz CT molecular complexity index is 828. The first kappa shape index (κ1) is 14.5. The summed E-state index contributed by atoms with van der Waals surface area (Å²) in [6.07, 6.45) is 4.15. The fourth-order valence-corrected chi connectivity index (χ4v) is 2.55. The Morgan fingerprint density at radius 2 is 2.18 bits per heavy atom. The lowest BCUT2D eigenvalue weighted by molar-refractivity contribution is 0.0955. The Kier molecular flexibility index (Phi) is 4.06. The molecule has 3 aromatic rings. The smallest absolute Gasteiger partial charge is 0.251 e. The number of halogens is 1. The number of pyridine rings is 1. The lowest BCUT2D eigenvalue weighted by Crippen LogP contribution is -2.26. The number of hydrogen-bond acceptors (Lipinski definition) is 3. The van der Waals surface area contributed by atoms with Crippen molar-refractivity contribution in [2.24, 2.45) is 0 Å². The van der Waals surface area contributed by atoms with Crippen LogP contribution in [0.2, 0.25) is 5.02 Å². The van der Waals surface area contributed by atoms with Gasteiger partial charge in [0, 0.05) is 42.0 Å². The standard InChI is InChI=1S/C16H15ClN4O/c1-10-20-9-11(21-10)6-8-19-16(22)13-4-5-14(17)15-12(13)3-2-7-18-15/h2-5,7,9H,6,8H2,1H3,(H,19,22)(H,20,21). The molecule has 0 bridgehead atoms. The van der Waals surface area contributed by atoms with Gasteiger partial charge in [0.15, 0.2) is 0 Å². The summed E-state index contributed by atoms with van der Waals surface area (Å²) in [5, 5.41) is 4.21. The molecule has 0 aliphatic heterocycles. The molecule has 0 radical (unpaired) electrons. The van der Waals surface area contributed by atoms with Crippen molar-refractivity contribution in [3.05, 3.63) is 58.8 Å². The van der Waals surface area contributed by atoms with Crippen molar-refractivity contribution in [1.82, 2.24) is 20.3 Å². The molecule has 0 saturated heterocycles. The highest BCUT2D eigenvalue weighted by molar-refractivity contribution is 6.35. The quantitative estimate of drug-likeness (QED) is 0.778. The van der Waals surface area contributed by atoms with Crippen molar-refractivity contribution >= 4 is 28.4 Å². The molecule has 0 saturated carbocycles. The molecule has 0 atom stereocenters. The van der Waals surface area contributed by atoms with Gasteiger partial charge in [0.25, 0.3) is 5.91 Å². The van der Waals surface area contributed by atoms with E-state index in [0.717, 1.165) is 16.9 Å². The maximum atomic E-state index is 12.4. The van der Waals surface area contributed by atoms with Crippen LogP contribution < -0.4 is 5.32 Å². The average molecular weight is 315 g/mol. The Labute approximate surface area is 132 Å². The summed E-state index contributed by atoms with van der Waals surface area (Å²) in [6.45, 7) is 2.43. The Hall–Kier alpha value is -2.40. The number of aromatic nitrogens is 3. The molecule has 5 nitrogen and oxygen atoms in total. The maximum absolute atomic E-state index is 12.4. The zero-order chi connectivity index (χ0) is 15.5. The van der Waals surface area contributed by atoms with E-state index in [2.05, 4.69) is 20.3 Å². The Morgan fingerprint density at radius 1 is 1.32 bits per heavy atom. The molecule has 0 aliphatic carbocycles. The van der Waals surface area contributed by atoms with E-state index in [1.54, 1.807) is 30.6 Å². The van der Waals surface area contributed by atoms with Crippen molar-refractivity contribution in [3.8, 4) is 0 Å². The molecule has 22 heavy (non-hydrogen) atoms. The van der Waals surface area contributed by atoms with Crippen LogP contribution in [0.3, 0.4) is 0 Å². The first-order valence-corrected chi connectivity index (χ1v) is 7.35. The van der Waals surface area contributed by atoms with Gasteiger partial charge < -0.3 is 10.3 Å². The van der Waals surface area contributed by atoms with E-state index in [1.165, 1.54) is 0 Å². The van der Waals surface area contributed by atoms with Crippen LogP contribution in [0.5, 0.6) is 0 Å². The van der Waals surface area contributed by atoms with Gasteiger partial charge in [0.2, 0.25) is 0 Å². The van der Waals surface area contributed by atoms with Crippen LogP contribution in [0.4, 0.5) is 0 Å². The average Bonchev–Trinajstić information content (AvgIpc) is 2.93. The molecule has 2 heterocycles. The molecule has 6 heteroatoms. The number of H-pyrrole nitrogens is 1. The zero-order valence-electron chi connectivity index (χ0n) is 12.1. The van der Waals surface area contributed by atoms with E-state index in [9.17, 15) is 4.79 Å². The van der Waals surface area contributed by atoms with Crippen LogP contribution in [0.1, 0.15) is 21.9 Å².